The SMILES string of the molecule is CCOc1cccc2sc(N(Cc3ccco3)C(=O)c3ccc4c(c3)OCO4)nc12. The summed E-state index contributed by atoms with van der Waals surface area (Å²) in [6.45, 7) is 2.88. The Morgan fingerprint density at radius 2 is 2.07 bits per heavy atom. The quantitative estimate of drug-likeness (QED) is 0.442. The molecule has 0 N–H and O–H groups in total. The smallest absolute Gasteiger partial charge is 0.260 e. The highest BCUT2D eigenvalue weighted by Crippen LogP contribution is 2.37. The van der Waals surface area contributed by atoms with Gasteiger partial charge in [0.15, 0.2) is 16.6 Å². The zero-order valence-electron chi connectivity index (χ0n) is 16.2. The number of nitrogens with zero attached hydrogens (tertiary/aromatic N) is 2. The second kappa shape index (κ2) is 7.72. The number of benzene rings is 2. The number of aromatic nitrogens is 1. The molecule has 1 aliphatic rings. The molecule has 0 aliphatic carbocycles. The van der Waals surface area contributed by atoms with Crippen molar-refractivity contribution in [2.45, 2.75) is 13.5 Å². The first-order valence-corrected chi connectivity index (χ1v) is 10.3. The van der Waals surface area contributed by atoms with E-state index >= 15 is 0 Å². The fourth-order valence-corrected chi connectivity index (χ4v) is 4.25. The maximum Gasteiger partial charge on any atom is 0.260 e. The van der Waals surface area contributed by atoms with Crippen LogP contribution in [0.15, 0.2) is 59.2 Å². The van der Waals surface area contributed by atoms with E-state index in [0.29, 0.717) is 40.3 Å². The lowest BCUT2D eigenvalue weighted by Gasteiger charge is -2.19. The third-order valence-electron chi connectivity index (χ3n) is 4.66. The van der Waals surface area contributed by atoms with Gasteiger partial charge in [-0.25, -0.2) is 4.98 Å². The Bertz CT molecular complexity index is 1200. The second-order valence-electron chi connectivity index (χ2n) is 6.57. The van der Waals surface area contributed by atoms with Gasteiger partial charge in [0.1, 0.15) is 17.0 Å². The van der Waals surface area contributed by atoms with Crippen LogP contribution in [0.5, 0.6) is 17.2 Å². The average Bonchev–Trinajstić information content (AvgIpc) is 3.51. The number of fused-ring (bicyclic) bond motifs is 2. The summed E-state index contributed by atoms with van der Waals surface area (Å²) >= 11 is 1.43. The number of rotatable bonds is 6. The van der Waals surface area contributed by atoms with Crippen LogP contribution in [0.1, 0.15) is 23.0 Å². The Balaban J connectivity index is 1.56. The molecular weight excluding hydrogens is 404 g/mol. The van der Waals surface area contributed by atoms with Crippen LogP contribution >= 0.6 is 11.3 Å². The Kier molecular flexibility index (Phi) is 4.76. The fourth-order valence-electron chi connectivity index (χ4n) is 3.27. The van der Waals surface area contributed by atoms with Crippen molar-refractivity contribution in [1.29, 1.82) is 0 Å². The molecule has 0 fully saturated rings. The van der Waals surface area contributed by atoms with Crippen LogP contribution in [-0.4, -0.2) is 24.3 Å². The van der Waals surface area contributed by atoms with Crippen LogP contribution in [0.2, 0.25) is 0 Å². The van der Waals surface area contributed by atoms with Gasteiger partial charge in [0.25, 0.3) is 5.91 Å². The van der Waals surface area contributed by atoms with Crippen molar-refractivity contribution in [2.24, 2.45) is 0 Å². The molecule has 3 heterocycles. The number of anilines is 1. The van der Waals surface area contributed by atoms with Crippen LogP contribution in [0.4, 0.5) is 5.13 Å². The lowest BCUT2D eigenvalue weighted by molar-refractivity contribution is 0.0982. The van der Waals surface area contributed by atoms with Gasteiger partial charge in [-0.3, -0.25) is 9.69 Å². The largest absolute Gasteiger partial charge is 0.492 e. The number of amides is 1. The van der Waals surface area contributed by atoms with E-state index in [2.05, 4.69) is 0 Å². The van der Waals surface area contributed by atoms with Gasteiger partial charge in [0.2, 0.25) is 6.79 Å². The molecule has 2 aromatic heterocycles. The molecule has 0 atom stereocenters. The van der Waals surface area contributed by atoms with Gasteiger partial charge in [-0.2, -0.15) is 0 Å². The molecule has 1 amide bonds. The van der Waals surface area contributed by atoms with Gasteiger partial charge in [-0.1, -0.05) is 17.4 Å². The van der Waals surface area contributed by atoms with Crippen molar-refractivity contribution >= 4 is 32.6 Å². The first-order chi connectivity index (χ1) is 14.7. The summed E-state index contributed by atoms with van der Waals surface area (Å²) in [6, 6.07) is 14.6. The third-order valence-corrected chi connectivity index (χ3v) is 5.70. The van der Waals surface area contributed by atoms with Gasteiger partial charge in [0, 0.05) is 5.56 Å². The molecule has 4 aromatic rings. The zero-order valence-corrected chi connectivity index (χ0v) is 17.0. The normalized spacial score (nSPS) is 12.3. The molecule has 152 valence electrons. The monoisotopic (exact) mass is 422 g/mol. The standard InChI is InChI=1S/C22H18N2O5S/c1-2-26-17-6-3-7-19-20(17)23-22(30-19)24(12-15-5-4-10-27-15)21(25)14-8-9-16-18(11-14)29-13-28-16/h3-11H,2,12-13H2,1H3. The summed E-state index contributed by atoms with van der Waals surface area (Å²) < 4.78 is 22.9. The van der Waals surface area contributed by atoms with Gasteiger partial charge in [0.05, 0.1) is 24.1 Å². The van der Waals surface area contributed by atoms with Crippen LogP contribution in [0.25, 0.3) is 10.2 Å². The highest BCUT2D eigenvalue weighted by molar-refractivity contribution is 7.22. The Labute approximate surface area is 176 Å². The molecule has 0 unspecified atom stereocenters. The van der Waals surface area contributed by atoms with Crippen molar-refractivity contribution in [3.05, 3.63) is 66.1 Å². The average molecular weight is 422 g/mol. The molecule has 1 aliphatic heterocycles. The Hall–Kier alpha value is -3.52. The van der Waals surface area contributed by atoms with E-state index in [1.807, 2.05) is 31.2 Å². The topological polar surface area (TPSA) is 74.0 Å². The number of hydrogen-bond donors (Lipinski definition) is 0. The summed E-state index contributed by atoms with van der Waals surface area (Å²) in [6.07, 6.45) is 1.59. The third kappa shape index (κ3) is 3.35. The molecular formula is C22H18N2O5S. The maximum absolute atomic E-state index is 13.5. The second-order valence-corrected chi connectivity index (χ2v) is 7.58. The molecule has 2 aromatic carbocycles. The summed E-state index contributed by atoms with van der Waals surface area (Å²) in [5, 5.41) is 0.566. The van der Waals surface area contributed by atoms with Gasteiger partial charge in [-0.15, -0.1) is 0 Å². The predicted octanol–water partition coefficient (Wildman–Crippen LogP) is 4.86. The van der Waals surface area contributed by atoms with E-state index in [1.54, 1.807) is 35.4 Å². The number of para-hydroxylation sites is 1. The number of hydrogen-bond acceptors (Lipinski definition) is 7. The van der Waals surface area contributed by atoms with Crippen LogP contribution < -0.4 is 19.1 Å². The summed E-state index contributed by atoms with van der Waals surface area (Å²) in [7, 11) is 0. The Morgan fingerprint density at radius 3 is 2.90 bits per heavy atom. The predicted molar refractivity (Wildman–Crippen MR) is 113 cm³/mol. The number of thiazole rings is 1. The highest BCUT2D eigenvalue weighted by Gasteiger charge is 2.25. The minimum absolute atomic E-state index is 0.154. The van der Waals surface area contributed by atoms with Crippen LogP contribution in [-0.2, 0) is 6.54 Å². The van der Waals surface area contributed by atoms with Crippen LogP contribution in [0.3, 0.4) is 0 Å². The summed E-state index contributed by atoms with van der Waals surface area (Å²) in [5.74, 6) is 2.34. The molecule has 0 saturated carbocycles. The number of furan rings is 1. The first-order valence-electron chi connectivity index (χ1n) is 9.49. The molecule has 8 heteroatoms. The van der Waals surface area contributed by atoms with Gasteiger partial charge < -0.3 is 18.6 Å². The van der Waals surface area contributed by atoms with E-state index in [9.17, 15) is 4.79 Å². The van der Waals surface area contributed by atoms with E-state index in [1.165, 1.54) is 11.3 Å². The first kappa shape index (κ1) is 18.5. The Morgan fingerprint density at radius 1 is 1.17 bits per heavy atom. The molecule has 5 rings (SSSR count). The fraction of sp³-hybridized carbons (Fsp3) is 0.182. The summed E-state index contributed by atoms with van der Waals surface area (Å²) in [4.78, 5) is 19.8. The number of carbonyl (C=O) groups excluding carboxylic acids is 1. The zero-order chi connectivity index (χ0) is 20.5. The lowest BCUT2D eigenvalue weighted by Crippen LogP contribution is -2.30. The summed E-state index contributed by atoms with van der Waals surface area (Å²) in [5.41, 5.74) is 1.22. The van der Waals surface area contributed by atoms with Gasteiger partial charge >= 0.3 is 0 Å². The van der Waals surface area contributed by atoms with E-state index in [-0.39, 0.29) is 19.2 Å². The molecule has 0 spiro atoms. The van der Waals surface area contributed by atoms with Crippen molar-refractivity contribution in [3.63, 3.8) is 0 Å². The van der Waals surface area contributed by atoms with Crippen molar-refractivity contribution in [2.75, 3.05) is 18.3 Å². The van der Waals surface area contributed by atoms with Crippen molar-refractivity contribution in [1.82, 2.24) is 4.98 Å². The molecule has 30 heavy (non-hydrogen) atoms. The van der Waals surface area contributed by atoms with Crippen molar-refractivity contribution < 1.29 is 23.4 Å². The van der Waals surface area contributed by atoms with E-state index in [4.69, 9.17) is 23.6 Å². The van der Waals surface area contributed by atoms with Crippen molar-refractivity contribution in [3.8, 4) is 17.2 Å². The highest BCUT2D eigenvalue weighted by atomic mass is 32.1. The van der Waals surface area contributed by atoms with E-state index < -0.39 is 0 Å². The minimum atomic E-state index is -0.207. The van der Waals surface area contributed by atoms with Gasteiger partial charge in [-0.05, 0) is 49.4 Å². The number of ether oxygens (including phenoxy) is 3. The maximum atomic E-state index is 13.5. The van der Waals surface area contributed by atoms with Crippen LogP contribution in [0, 0.1) is 0 Å². The minimum Gasteiger partial charge on any atom is -0.492 e. The van der Waals surface area contributed by atoms with E-state index in [0.717, 1.165) is 10.2 Å². The lowest BCUT2D eigenvalue weighted by atomic mass is 10.1. The molecule has 7 nitrogen and oxygen atoms in total. The molecule has 0 radical (unpaired) electrons. The molecule has 0 saturated heterocycles. The number of carbonyl (C=O) groups is 1. The molecule has 0 bridgehead atoms.